The molecule has 19 heavy (non-hydrogen) atoms. The normalized spacial score (nSPS) is 16.9. The highest BCUT2D eigenvalue weighted by molar-refractivity contribution is 14.1. The molecule has 0 radical (unpaired) electrons. The molecule has 96 valence electrons. The summed E-state index contributed by atoms with van der Waals surface area (Å²) in [6, 6.07) is 12.6. The van der Waals surface area contributed by atoms with Crippen molar-refractivity contribution in [3.63, 3.8) is 0 Å². The highest BCUT2D eigenvalue weighted by atomic mass is 127. The minimum atomic E-state index is -0.582. The first-order valence-electron chi connectivity index (χ1n) is 5.78. The quantitative estimate of drug-likeness (QED) is 0.804. The number of nitrogens with two attached hydrogens (primary N) is 1. The van der Waals surface area contributed by atoms with Gasteiger partial charge in [0.2, 0.25) is 5.91 Å². The number of anilines is 1. The number of benzene rings is 2. The first kappa shape index (κ1) is 12.4. The van der Waals surface area contributed by atoms with E-state index < -0.39 is 6.04 Å². The highest BCUT2D eigenvalue weighted by Gasteiger charge is 2.27. The van der Waals surface area contributed by atoms with Gasteiger partial charge < -0.3 is 15.8 Å². The van der Waals surface area contributed by atoms with Gasteiger partial charge in [0.05, 0.1) is 3.57 Å². The predicted octanol–water partition coefficient (Wildman–Crippen LogP) is 3.04. The second-order valence-electron chi connectivity index (χ2n) is 4.25. The Hall–Kier alpha value is -1.60. The standard InChI is InChI=1S/C14H11IN2O2/c15-10-3-1-2-4-12(10)19-8-5-6-9-11(7-8)17-14(18)13(9)16/h1-7,13H,16H2,(H,17,18). The number of halogens is 1. The Morgan fingerprint density at radius 2 is 2.00 bits per heavy atom. The Labute approximate surface area is 124 Å². The van der Waals surface area contributed by atoms with E-state index in [4.69, 9.17) is 10.5 Å². The van der Waals surface area contributed by atoms with Gasteiger partial charge in [-0.3, -0.25) is 4.79 Å². The van der Waals surface area contributed by atoms with Crippen molar-refractivity contribution < 1.29 is 9.53 Å². The molecule has 1 aliphatic rings. The molecule has 5 heteroatoms. The Morgan fingerprint density at radius 1 is 1.21 bits per heavy atom. The van der Waals surface area contributed by atoms with E-state index in [1.807, 2.05) is 36.4 Å². The Morgan fingerprint density at radius 3 is 2.79 bits per heavy atom. The zero-order valence-electron chi connectivity index (χ0n) is 9.89. The maximum Gasteiger partial charge on any atom is 0.245 e. The maximum atomic E-state index is 11.5. The lowest BCUT2D eigenvalue weighted by atomic mass is 10.1. The molecule has 1 unspecified atom stereocenters. The molecule has 3 N–H and O–H groups in total. The topological polar surface area (TPSA) is 64.4 Å². The molecule has 1 aliphatic heterocycles. The van der Waals surface area contributed by atoms with Gasteiger partial charge in [-0.1, -0.05) is 18.2 Å². The molecule has 0 saturated heterocycles. The second-order valence-corrected chi connectivity index (χ2v) is 5.41. The van der Waals surface area contributed by atoms with E-state index in [0.29, 0.717) is 5.75 Å². The summed E-state index contributed by atoms with van der Waals surface area (Å²) in [7, 11) is 0. The lowest BCUT2D eigenvalue weighted by molar-refractivity contribution is -0.116. The van der Waals surface area contributed by atoms with Gasteiger partial charge in [-0.15, -0.1) is 0 Å². The van der Waals surface area contributed by atoms with Gasteiger partial charge in [0.25, 0.3) is 0 Å². The fraction of sp³-hybridized carbons (Fsp3) is 0.0714. The molecule has 0 aromatic heterocycles. The molecule has 4 nitrogen and oxygen atoms in total. The number of para-hydroxylation sites is 1. The summed E-state index contributed by atoms with van der Waals surface area (Å²) in [6.07, 6.45) is 0. The van der Waals surface area contributed by atoms with E-state index in [1.165, 1.54) is 0 Å². The third kappa shape index (κ3) is 2.31. The van der Waals surface area contributed by atoms with Crippen LogP contribution >= 0.6 is 22.6 Å². The van der Waals surface area contributed by atoms with Crippen molar-refractivity contribution in [1.82, 2.24) is 0 Å². The van der Waals surface area contributed by atoms with Crippen molar-refractivity contribution in [3.05, 3.63) is 51.6 Å². The molecule has 3 rings (SSSR count). The van der Waals surface area contributed by atoms with Crippen molar-refractivity contribution in [1.29, 1.82) is 0 Å². The van der Waals surface area contributed by atoms with E-state index in [0.717, 1.165) is 20.6 Å². The third-order valence-electron chi connectivity index (χ3n) is 2.96. The zero-order chi connectivity index (χ0) is 13.4. The lowest BCUT2D eigenvalue weighted by Gasteiger charge is -2.09. The molecule has 0 saturated carbocycles. The number of hydrogen-bond donors (Lipinski definition) is 2. The van der Waals surface area contributed by atoms with Crippen LogP contribution in [0.1, 0.15) is 11.6 Å². The number of carbonyl (C=O) groups is 1. The van der Waals surface area contributed by atoms with E-state index in [-0.39, 0.29) is 5.91 Å². The first-order valence-corrected chi connectivity index (χ1v) is 6.86. The van der Waals surface area contributed by atoms with Crippen molar-refractivity contribution in [2.24, 2.45) is 5.73 Å². The molecular formula is C14H11IN2O2. The molecule has 1 amide bonds. The molecule has 0 spiro atoms. The van der Waals surface area contributed by atoms with Crippen molar-refractivity contribution >= 4 is 34.2 Å². The summed E-state index contributed by atoms with van der Waals surface area (Å²) in [5, 5.41) is 2.74. The predicted molar refractivity (Wildman–Crippen MR) is 81.2 cm³/mol. The summed E-state index contributed by atoms with van der Waals surface area (Å²) in [5.74, 6) is 1.29. The molecule has 1 atom stereocenters. The molecule has 2 aromatic carbocycles. The smallest absolute Gasteiger partial charge is 0.245 e. The van der Waals surface area contributed by atoms with Crippen LogP contribution in [0, 0.1) is 3.57 Å². The number of ether oxygens (including phenoxy) is 1. The Balaban J connectivity index is 1.91. The first-order chi connectivity index (χ1) is 9.15. The minimum Gasteiger partial charge on any atom is -0.456 e. The summed E-state index contributed by atoms with van der Waals surface area (Å²) < 4.78 is 6.83. The Kier molecular flexibility index (Phi) is 3.16. The van der Waals surface area contributed by atoms with Gasteiger partial charge in [0, 0.05) is 17.3 Å². The molecular weight excluding hydrogens is 355 g/mol. The van der Waals surface area contributed by atoms with E-state index in [9.17, 15) is 4.79 Å². The maximum absolute atomic E-state index is 11.5. The average molecular weight is 366 g/mol. The van der Waals surface area contributed by atoms with Crippen LogP contribution in [-0.2, 0) is 4.79 Å². The average Bonchev–Trinajstić information content (AvgIpc) is 2.68. The van der Waals surface area contributed by atoms with Gasteiger partial charge in [-0.2, -0.15) is 0 Å². The fourth-order valence-corrected chi connectivity index (χ4v) is 2.48. The molecule has 0 aliphatic carbocycles. The zero-order valence-corrected chi connectivity index (χ0v) is 12.0. The number of rotatable bonds is 2. The molecule has 2 aromatic rings. The van der Waals surface area contributed by atoms with Crippen LogP contribution in [-0.4, -0.2) is 5.91 Å². The van der Waals surface area contributed by atoms with Gasteiger partial charge >= 0.3 is 0 Å². The number of fused-ring (bicyclic) bond motifs is 1. The van der Waals surface area contributed by atoms with Crippen molar-refractivity contribution in [3.8, 4) is 11.5 Å². The summed E-state index contributed by atoms with van der Waals surface area (Å²) in [6.45, 7) is 0. The monoisotopic (exact) mass is 366 g/mol. The number of nitrogens with one attached hydrogen (secondary N) is 1. The SMILES string of the molecule is NC1C(=O)Nc2cc(Oc3ccccc3I)ccc21. The number of hydrogen-bond acceptors (Lipinski definition) is 3. The lowest BCUT2D eigenvalue weighted by Crippen LogP contribution is -2.19. The van der Waals surface area contributed by atoms with Crippen LogP contribution in [0.4, 0.5) is 5.69 Å². The van der Waals surface area contributed by atoms with Crippen LogP contribution in [0.2, 0.25) is 0 Å². The highest BCUT2D eigenvalue weighted by Crippen LogP contribution is 2.34. The number of carbonyl (C=O) groups excluding carboxylic acids is 1. The van der Waals surface area contributed by atoms with E-state index in [1.54, 1.807) is 6.07 Å². The molecule has 0 bridgehead atoms. The van der Waals surface area contributed by atoms with E-state index >= 15 is 0 Å². The second kappa shape index (κ2) is 4.82. The van der Waals surface area contributed by atoms with E-state index in [2.05, 4.69) is 27.9 Å². The summed E-state index contributed by atoms with van der Waals surface area (Å²) >= 11 is 2.22. The van der Waals surface area contributed by atoms with Gasteiger partial charge in [-0.25, -0.2) is 0 Å². The van der Waals surface area contributed by atoms with Gasteiger partial charge in [0.15, 0.2) is 0 Å². The van der Waals surface area contributed by atoms with Crippen molar-refractivity contribution in [2.75, 3.05) is 5.32 Å². The van der Waals surface area contributed by atoms with Crippen molar-refractivity contribution in [2.45, 2.75) is 6.04 Å². The van der Waals surface area contributed by atoms with Crippen LogP contribution in [0.15, 0.2) is 42.5 Å². The van der Waals surface area contributed by atoms with Crippen LogP contribution in [0.3, 0.4) is 0 Å². The van der Waals surface area contributed by atoms with Crippen LogP contribution < -0.4 is 15.8 Å². The van der Waals surface area contributed by atoms with Gasteiger partial charge in [0.1, 0.15) is 17.5 Å². The van der Waals surface area contributed by atoms with Gasteiger partial charge in [-0.05, 0) is 40.8 Å². The largest absolute Gasteiger partial charge is 0.456 e. The van der Waals surface area contributed by atoms with Crippen LogP contribution in [0.5, 0.6) is 11.5 Å². The number of amides is 1. The minimum absolute atomic E-state index is 0.179. The fourth-order valence-electron chi connectivity index (χ4n) is 1.98. The summed E-state index contributed by atoms with van der Waals surface area (Å²) in [4.78, 5) is 11.5. The Bertz CT molecular complexity index is 658. The third-order valence-corrected chi connectivity index (χ3v) is 3.86. The van der Waals surface area contributed by atoms with Crippen LogP contribution in [0.25, 0.3) is 0 Å². The summed E-state index contributed by atoms with van der Waals surface area (Å²) in [5.41, 5.74) is 7.29. The molecule has 0 fully saturated rings. The molecule has 1 heterocycles.